The Balaban J connectivity index is 0.00000225. The van der Waals surface area contributed by atoms with E-state index in [1.807, 2.05) is 0 Å². The maximum atomic E-state index is 11.6. The molecule has 1 fully saturated rings. The SMILES string of the molecule is Cc1c(-c2nc(C3(N)CCC3)no2)cc(S(N)(=O)=O)cc1[N+](=O)[O-].Cl. The third-order valence-electron chi connectivity index (χ3n) is 4.23. The lowest BCUT2D eigenvalue weighted by Crippen LogP contribution is -2.44. The van der Waals surface area contributed by atoms with Crippen LogP contribution in [0.2, 0.25) is 0 Å². The first kappa shape index (κ1) is 19.2. The molecule has 3 rings (SSSR count). The first-order valence-corrected chi connectivity index (χ1v) is 8.62. The summed E-state index contributed by atoms with van der Waals surface area (Å²) in [5, 5.41) is 20.1. The minimum absolute atomic E-state index is 0. The predicted molar refractivity (Wildman–Crippen MR) is 89.5 cm³/mol. The zero-order valence-electron chi connectivity index (χ0n) is 13.1. The van der Waals surface area contributed by atoms with Crippen LogP contribution in [-0.4, -0.2) is 23.5 Å². The van der Waals surface area contributed by atoms with Crippen LogP contribution >= 0.6 is 12.4 Å². The van der Waals surface area contributed by atoms with Crippen molar-refractivity contribution in [2.75, 3.05) is 0 Å². The molecular weight excluding hydrogens is 374 g/mol. The van der Waals surface area contributed by atoms with Gasteiger partial charge in [0, 0.05) is 11.6 Å². The van der Waals surface area contributed by atoms with E-state index in [0.29, 0.717) is 18.7 Å². The number of nitro benzene ring substituents is 1. The number of benzene rings is 1. The maximum Gasteiger partial charge on any atom is 0.274 e. The van der Waals surface area contributed by atoms with Gasteiger partial charge in [-0.2, -0.15) is 4.98 Å². The predicted octanol–water partition coefficient (Wildman–Crippen LogP) is 1.36. The Morgan fingerprint density at radius 1 is 1.36 bits per heavy atom. The Morgan fingerprint density at radius 3 is 2.48 bits per heavy atom. The zero-order chi connectivity index (χ0) is 17.7. The number of halogens is 1. The Morgan fingerprint density at radius 2 is 2.00 bits per heavy atom. The van der Waals surface area contributed by atoms with Crippen molar-refractivity contribution in [1.82, 2.24) is 10.1 Å². The number of nitrogens with zero attached hydrogens (tertiary/aromatic N) is 3. The fourth-order valence-electron chi connectivity index (χ4n) is 2.57. The van der Waals surface area contributed by atoms with Crippen molar-refractivity contribution in [3.05, 3.63) is 33.6 Å². The molecule has 1 aromatic heterocycles. The average molecular weight is 390 g/mol. The van der Waals surface area contributed by atoms with E-state index in [4.69, 9.17) is 15.4 Å². The van der Waals surface area contributed by atoms with Crippen molar-refractivity contribution in [3.8, 4) is 11.5 Å². The Hall–Kier alpha value is -2.08. The summed E-state index contributed by atoms with van der Waals surface area (Å²) in [6, 6.07) is 2.08. The van der Waals surface area contributed by atoms with Crippen molar-refractivity contribution in [2.45, 2.75) is 36.6 Å². The van der Waals surface area contributed by atoms with E-state index in [1.165, 1.54) is 13.0 Å². The lowest BCUT2D eigenvalue weighted by Gasteiger charge is -2.34. The molecule has 4 N–H and O–H groups in total. The lowest BCUT2D eigenvalue weighted by molar-refractivity contribution is -0.385. The van der Waals surface area contributed by atoms with Gasteiger partial charge in [0.1, 0.15) is 0 Å². The van der Waals surface area contributed by atoms with Gasteiger partial charge in [0.25, 0.3) is 11.6 Å². The van der Waals surface area contributed by atoms with Crippen LogP contribution in [0.1, 0.15) is 30.7 Å². The Bertz CT molecular complexity index is 938. The molecule has 10 nitrogen and oxygen atoms in total. The second-order valence-electron chi connectivity index (χ2n) is 5.85. The van der Waals surface area contributed by atoms with Crippen LogP contribution in [0.5, 0.6) is 0 Å². The standard InChI is InChI=1S/C13H15N5O5S.ClH/c1-7-9(5-8(24(15,21)22)6-10(7)18(19)20)11-16-12(17-23-11)13(14)3-2-4-13;/h5-6H,2-4,14H2,1H3,(H2,15,21,22);1H. The van der Waals surface area contributed by atoms with Crippen LogP contribution in [0.3, 0.4) is 0 Å². The molecule has 1 aliphatic carbocycles. The largest absolute Gasteiger partial charge is 0.334 e. The molecule has 1 heterocycles. The van der Waals surface area contributed by atoms with E-state index in [0.717, 1.165) is 12.5 Å². The van der Waals surface area contributed by atoms with Gasteiger partial charge in [0.15, 0.2) is 5.82 Å². The van der Waals surface area contributed by atoms with Gasteiger partial charge in [-0.25, -0.2) is 13.6 Å². The van der Waals surface area contributed by atoms with Gasteiger partial charge in [-0.05, 0) is 32.3 Å². The smallest absolute Gasteiger partial charge is 0.274 e. The molecule has 0 amide bonds. The average Bonchev–Trinajstić information content (AvgIpc) is 2.93. The molecule has 1 saturated carbocycles. The minimum Gasteiger partial charge on any atom is -0.334 e. The number of nitrogens with two attached hydrogens (primary N) is 2. The van der Waals surface area contributed by atoms with Crippen molar-refractivity contribution in [2.24, 2.45) is 10.9 Å². The van der Waals surface area contributed by atoms with Crippen molar-refractivity contribution in [1.29, 1.82) is 0 Å². The highest BCUT2D eigenvalue weighted by molar-refractivity contribution is 7.89. The van der Waals surface area contributed by atoms with Crippen LogP contribution in [0.25, 0.3) is 11.5 Å². The van der Waals surface area contributed by atoms with Crippen LogP contribution in [0.4, 0.5) is 5.69 Å². The molecule has 2 aromatic rings. The fourth-order valence-corrected chi connectivity index (χ4v) is 3.12. The molecule has 136 valence electrons. The van der Waals surface area contributed by atoms with E-state index in [1.54, 1.807) is 0 Å². The fraction of sp³-hybridized carbons (Fsp3) is 0.385. The van der Waals surface area contributed by atoms with Crippen molar-refractivity contribution in [3.63, 3.8) is 0 Å². The molecule has 0 spiro atoms. The summed E-state index contributed by atoms with van der Waals surface area (Å²) < 4.78 is 28.3. The van der Waals surface area contributed by atoms with Gasteiger partial charge < -0.3 is 10.3 Å². The van der Waals surface area contributed by atoms with E-state index in [9.17, 15) is 18.5 Å². The van der Waals surface area contributed by atoms with Gasteiger partial charge in [-0.3, -0.25) is 10.1 Å². The van der Waals surface area contributed by atoms with Gasteiger partial charge in [-0.15, -0.1) is 12.4 Å². The Labute approximate surface area is 149 Å². The topological polar surface area (TPSA) is 168 Å². The molecule has 0 saturated heterocycles. The van der Waals surface area contributed by atoms with Gasteiger partial charge in [0.2, 0.25) is 10.0 Å². The highest BCUT2D eigenvalue weighted by atomic mass is 35.5. The molecule has 0 atom stereocenters. The van der Waals surface area contributed by atoms with E-state index in [-0.39, 0.29) is 29.4 Å². The summed E-state index contributed by atoms with van der Waals surface area (Å²) in [5.41, 5.74) is 5.38. The van der Waals surface area contributed by atoms with Crippen LogP contribution in [0.15, 0.2) is 21.6 Å². The van der Waals surface area contributed by atoms with E-state index >= 15 is 0 Å². The molecule has 1 aliphatic rings. The third-order valence-corrected chi connectivity index (χ3v) is 5.12. The number of primary sulfonamides is 1. The molecule has 1 aromatic carbocycles. The van der Waals surface area contributed by atoms with E-state index < -0.39 is 31.1 Å². The first-order valence-electron chi connectivity index (χ1n) is 7.07. The van der Waals surface area contributed by atoms with E-state index in [2.05, 4.69) is 10.1 Å². The third kappa shape index (κ3) is 3.35. The molecule has 25 heavy (non-hydrogen) atoms. The molecular formula is C13H16ClN5O5S. The zero-order valence-corrected chi connectivity index (χ0v) is 14.8. The molecule has 0 radical (unpaired) electrons. The number of hydrogen-bond donors (Lipinski definition) is 2. The molecule has 0 unspecified atom stereocenters. The summed E-state index contributed by atoms with van der Waals surface area (Å²) >= 11 is 0. The minimum atomic E-state index is -4.14. The Kier molecular flexibility index (Phi) is 4.88. The summed E-state index contributed by atoms with van der Waals surface area (Å²) in [7, 11) is -4.14. The number of aromatic nitrogens is 2. The number of sulfonamides is 1. The monoisotopic (exact) mass is 389 g/mol. The number of nitro groups is 1. The van der Waals surface area contributed by atoms with Crippen molar-refractivity contribution < 1.29 is 17.9 Å². The lowest BCUT2D eigenvalue weighted by atomic mass is 9.77. The quantitative estimate of drug-likeness (QED) is 0.583. The number of hydrogen-bond acceptors (Lipinski definition) is 8. The maximum absolute atomic E-state index is 11.6. The second-order valence-corrected chi connectivity index (χ2v) is 7.41. The van der Waals surface area contributed by atoms with Gasteiger partial charge in [0.05, 0.1) is 20.9 Å². The van der Waals surface area contributed by atoms with Crippen LogP contribution in [0, 0.1) is 17.0 Å². The molecule has 0 aliphatic heterocycles. The highest BCUT2D eigenvalue weighted by Crippen LogP contribution is 2.39. The van der Waals surface area contributed by atoms with Crippen molar-refractivity contribution >= 4 is 28.1 Å². The normalized spacial score (nSPS) is 16.0. The summed E-state index contributed by atoms with van der Waals surface area (Å²) in [5.74, 6) is 0.264. The second kappa shape index (κ2) is 6.33. The van der Waals surface area contributed by atoms with Crippen LogP contribution < -0.4 is 10.9 Å². The van der Waals surface area contributed by atoms with Gasteiger partial charge >= 0.3 is 0 Å². The van der Waals surface area contributed by atoms with Gasteiger partial charge in [-0.1, -0.05) is 5.16 Å². The summed E-state index contributed by atoms with van der Waals surface area (Å²) in [4.78, 5) is 14.3. The summed E-state index contributed by atoms with van der Waals surface area (Å²) in [6.45, 7) is 1.46. The summed E-state index contributed by atoms with van der Waals surface area (Å²) in [6.07, 6.45) is 2.37. The molecule has 0 bridgehead atoms. The number of rotatable bonds is 4. The molecule has 12 heteroatoms. The highest BCUT2D eigenvalue weighted by Gasteiger charge is 2.39. The van der Waals surface area contributed by atoms with Crippen LogP contribution in [-0.2, 0) is 15.6 Å². The first-order chi connectivity index (χ1) is 11.1.